The molecule has 10 heteroatoms. The van der Waals surface area contributed by atoms with Crippen LogP contribution in [0.15, 0.2) is 54.9 Å². The lowest BCUT2D eigenvalue weighted by molar-refractivity contribution is -0.383. The Hall–Kier alpha value is -3.30. The highest BCUT2D eigenvalue weighted by Gasteiger charge is 2.24. The summed E-state index contributed by atoms with van der Waals surface area (Å²) in [4.78, 5) is 23.6. The van der Waals surface area contributed by atoms with Crippen LogP contribution in [0.2, 0.25) is 5.02 Å². The van der Waals surface area contributed by atoms with Crippen LogP contribution in [0.3, 0.4) is 0 Å². The number of hydrogen-bond donors (Lipinski definition) is 2. The molecule has 4 rings (SSSR count). The van der Waals surface area contributed by atoms with E-state index in [0.29, 0.717) is 15.8 Å². The number of benzene rings is 2. The van der Waals surface area contributed by atoms with Gasteiger partial charge in [-0.05, 0) is 24.3 Å². The minimum atomic E-state index is -0.547. The summed E-state index contributed by atoms with van der Waals surface area (Å²) >= 11 is 7.50. The van der Waals surface area contributed by atoms with Crippen molar-refractivity contribution in [3.05, 3.63) is 70.0 Å². The zero-order valence-corrected chi connectivity index (χ0v) is 15.2. The van der Waals surface area contributed by atoms with E-state index in [1.165, 1.54) is 17.7 Å². The van der Waals surface area contributed by atoms with Gasteiger partial charge < -0.3 is 10.6 Å². The molecule has 0 spiro atoms. The minimum absolute atomic E-state index is 0.0340. The second-order valence-electron chi connectivity index (χ2n) is 5.39. The molecule has 4 aromatic rings. The number of nitro groups is 1. The maximum absolute atomic E-state index is 11.7. The zero-order valence-electron chi connectivity index (χ0n) is 13.6. The van der Waals surface area contributed by atoms with Crippen molar-refractivity contribution in [2.75, 3.05) is 10.6 Å². The van der Waals surface area contributed by atoms with E-state index in [-0.39, 0.29) is 17.3 Å². The molecule has 0 aliphatic carbocycles. The Bertz CT molecular complexity index is 1120. The molecule has 0 radical (unpaired) electrons. The van der Waals surface area contributed by atoms with Gasteiger partial charge in [-0.25, -0.2) is 15.0 Å². The SMILES string of the molecule is O=[N+]([O-])c1c(Nc2nc3ccccc3s2)ncnc1Nc1ccccc1Cl. The van der Waals surface area contributed by atoms with E-state index in [0.717, 1.165) is 10.2 Å². The fourth-order valence-corrected chi connectivity index (χ4v) is 3.50. The van der Waals surface area contributed by atoms with Crippen LogP contribution in [-0.2, 0) is 0 Å². The summed E-state index contributed by atoms with van der Waals surface area (Å²) in [6, 6.07) is 14.5. The Balaban J connectivity index is 1.72. The molecule has 0 saturated heterocycles. The summed E-state index contributed by atoms with van der Waals surface area (Å²) in [6.07, 6.45) is 1.24. The Morgan fingerprint density at radius 3 is 2.44 bits per heavy atom. The number of halogens is 1. The number of thiazole rings is 1. The van der Waals surface area contributed by atoms with Crippen LogP contribution in [-0.4, -0.2) is 19.9 Å². The largest absolute Gasteiger partial charge is 0.353 e. The summed E-state index contributed by atoms with van der Waals surface area (Å²) in [5.41, 5.74) is 1.01. The molecule has 0 amide bonds. The lowest BCUT2D eigenvalue weighted by Crippen LogP contribution is -2.05. The summed E-state index contributed by atoms with van der Waals surface area (Å²) in [5.74, 6) is 0.0790. The van der Waals surface area contributed by atoms with Gasteiger partial charge in [0, 0.05) is 0 Å². The number of anilines is 4. The second-order valence-corrected chi connectivity index (χ2v) is 6.83. The summed E-state index contributed by atoms with van der Waals surface area (Å²) in [7, 11) is 0. The number of fused-ring (bicyclic) bond motifs is 1. The van der Waals surface area contributed by atoms with Crippen molar-refractivity contribution in [3.63, 3.8) is 0 Å². The van der Waals surface area contributed by atoms with E-state index < -0.39 is 4.92 Å². The third-order valence-corrected chi connectivity index (χ3v) is 4.93. The van der Waals surface area contributed by atoms with Crippen molar-refractivity contribution >= 4 is 61.3 Å². The first-order chi connectivity index (χ1) is 13.1. The standard InChI is InChI=1S/C17H11ClN6O2S/c18-10-5-1-2-6-11(10)21-15-14(24(25)26)16(20-9-19-15)23-17-22-12-7-3-4-8-13(12)27-17/h1-9H,(H2,19,20,21,22,23). The smallest absolute Gasteiger partial charge is 0.333 e. The predicted octanol–water partition coefficient (Wildman–Crippen LogP) is 5.14. The number of aromatic nitrogens is 3. The predicted molar refractivity (Wildman–Crippen MR) is 106 cm³/mol. The first-order valence-corrected chi connectivity index (χ1v) is 8.95. The van der Waals surface area contributed by atoms with Crippen LogP contribution < -0.4 is 10.6 Å². The Labute approximate surface area is 162 Å². The van der Waals surface area contributed by atoms with Crippen molar-refractivity contribution in [1.29, 1.82) is 0 Å². The monoisotopic (exact) mass is 398 g/mol. The van der Waals surface area contributed by atoms with Crippen molar-refractivity contribution in [3.8, 4) is 0 Å². The molecule has 0 saturated carbocycles. The van der Waals surface area contributed by atoms with Gasteiger partial charge in [0.2, 0.25) is 11.6 Å². The molecule has 0 fully saturated rings. The lowest BCUT2D eigenvalue weighted by Gasteiger charge is -2.09. The Kier molecular flexibility index (Phi) is 4.53. The van der Waals surface area contributed by atoms with E-state index in [9.17, 15) is 10.1 Å². The maximum Gasteiger partial charge on any atom is 0.353 e. The van der Waals surface area contributed by atoms with E-state index >= 15 is 0 Å². The molecule has 27 heavy (non-hydrogen) atoms. The first kappa shape index (κ1) is 17.1. The minimum Gasteiger partial charge on any atom is -0.333 e. The highest BCUT2D eigenvalue weighted by molar-refractivity contribution is 7.22. The van der Waals surface area contributed by atoms with Gasteiger partial charge in [-0.15, -0.1) is 0 Å². The van der Waals surface area contributed by atoms with Crippen molar-refractivity contribution in [1.82, 2.24) is 15.0 Å². The van der Waals surface area contributed by atoms with Gasteiger partial charge in [0.25, 0.3) is 0 Å². The molecule has 0 unspecified atom stereocenters. The molecule has 2 aromatic carbocycles. The summed E-state index contributed by atoms with van der Waals surface area (Å²) in [6.45, 7) is 0. The molecule has 0 aliphatic heterocycles. The molecular weight excluding hydrogens is 388 g/mol. The van der Waals surface area contributed by atoms with Gasteiger partial charge in [-0.2, -0.15) is 0 Å². The summed E-state index contributed by atoms with van der Waals surface area (Å²) in [5, 5.41) is 18.4. The molecule has 2 N–H and O–H groups in total. The molecule has 134 valence electrons. The van der Waals surface area contributed by atoms with E-state index in [4.69, 9.17) is 11.6 Å². The molecule has 0 bridgehead atoms. The number of nitrogens with zero attached hydrogens (tertiary/aromatic N) is 4. The van der Waals surface area contributed by atoms with Gasteiger partial charge in [-0.1, -0.05) is 47.2 Å². The average Bonchev–Trinajstić information content (AvgIpc) is 3.06. The van der Waals surface area contributed by atoms with Crippen LogP contribution in [0.25, 0.3) is 10.2 Å². The lowest BCUT2D eigenvalue weighted by atomic mass is 10.3. The van der Waals surface area contributed by atoms with Gasteiger partial charge in [-0.3, -0.25) is 10.1 Å². The second kappa shape index (κ2) is 7.14. The Morgan fingerprint density at radius 2 is 1.70 bits per heavy atom. The summed E-state index contributed by atoms with van der Waals surface area (Å²) < 4.78 is 0.964. The molecule has 0 aliphatic rings. The molecular formula is C17H11ClN6O2S. The molecule has 2 aromatic heterocycles. The Morgan fingerprint density at radius 1 is 1.00 bits per heavy atom. The molecule has 8 nitrogen and oxygen atoms in total. The number of para-hydroxylation sites is 2. The third-order valence-electron chi connectivity index (χ3n) is 3.65. The van der Waals surface area contributed by atoms with Crippen LogP contribution in [0.1, 0.15) is 0 Å². The zero-order chi connectivity index (χ0) is 18.8. The number of hydrogen-bond acceptors (Lipinski definition) is 8. The van der Waals surface area contributed by atoms with E-state index in [2.05, 4.69) is 25.6 Å². The topological polar surface area (TPSA) is 106 Å². The maximum atomic E-state index is 11.7. The van der Waals surface area contributed by atoms with E-state index in [1.54, 1.807) is 24.3 Å². The van der Waals surface area contributed by atoms with Gasteiger partial charge >= 0.3 is 5.69 Å². The van der Waals surface area contributed by atoms with Gasteiger partial charge in [0.05, 0.1) is 25.8 Å². The van der Waals surface area contributed by atoms with Crippen LogP contribution in [0.4, 0.5) is 28.1 Å². The van der Waals surface area contributed by atoms with Crippen LogP contribution in [0.5, 0.6) is 0 Å². The average molecular weight is 399 g/mol. The highest BCUT2D eigenvalue weighted by atomic mass is 35.5. The van der Waals surface area contributed by atoms with Gasteiger partial charge in [0.15, 0.2) is 5.13 Å². The first-order valence-electron chi connectivity index (χ1n) is 7.75. The third kappa shape index (κ3) is 3.50. The van der Waals surface area contributed by atoms with E-state index in [1.807, 2.05) is 24.3 Å². The van der Waals surface area contributed by atoms with Crippen LogP contribution >= 0.6 is 22.9 Å². The fraction of sp³-hybridized carbons (Fsp3) is 0. The normalized spacial score (nSPS) is 10.7. The van der Waals surface area contributed by atoms with Crippen molar-refractivity contribution in [2.45, 2.75) is 0 Å². The number of nitrogens with one attached hydrogen (secondary N) is 2. The van der Waals surface area contributed by atoms with Crippen molar-refractivity contribution < 1.29 is 4.92 Å². The van der Waals surface area contributed by atoms with Gasteiger partial charge in [0.1, 0.15) is 6.33 Å². The fourth-order valence-electron chi connectivity index (χ4n) is 2.45. The highest BCUT2D eigenvalue weighted by Crippen LogP contribution is 2.36. The van der Waals surface area contributed by atoms with Crippen LogP contribution in [0, 0.1) is 10.1 Å². The quantitative estimate of drug-likeness (QED) is 0.354. The number of rotatable bonds is 5. The molecule has 2 heterocycles. The van der Waals surface area contributed by atoms with Crippen molar-refractivity contribution in [2.24, 2.45) is 0 Å². The molecule has 0 atom stereocenters.